The topological polar surface area (TPSA) is 76.1 Å². The van der Waals surface area contributed by atoms with Crippen molar-refractivity contribution in [2.24, 2.45) is 0 Å². The van der Waals surface area contributed by atoms with Gasteiger partial charge in [-0.05, 0) is 18.6 Å². The van der Waals surface area contributed by atoms with E-state index in [1.807, 2.05) is 61.5 Å². The third-order valence-corrected chi connectivity index (χ3v) is 4.18. The molecule has 138 valence electrons. The number of rotatable bonds is 7. The lowest BCUT2D eigenvalue weighted by atomic mass is 10.1. The van der Waals surface area contributed by atoms with Crippen molar-refractivity contribution in [3.8, 4) is 5.75 Å². The average molecular weight is 362 g/mol. The van der Waals surface area contributed by atoms with Gasteiger partial charge < -0.3 is 15.4 Å². The molecule has 1 amide bonds. The Balaban J connectivity index is 1.59. The van der Waals surface area contributed by atoms with Gasteiger partial charge in [0.1, 0.15) is 17.3 Å². The highest BCUT2D eigenvalue weighted by Gasteiger charge is 2.13. The van der Waals surface area contributed by atoms with Gasteiger partial charge in [0.25, 0.3) is 5.91 Å². The van der Waals surface area contributed by atoms with Crippen LogP contribution in [-0.4, -0.2) is 23.0 Å². The first-order valence-corrected chi connectivity index (χ1v) is 8.71. The molecule has 1 heterocycles. The number of nitrogens with one attached hydrogen (secondary N) is 2. The number of methoxy groups -OCH3 is 1. The fourth-order valence-electron chi connectivity index (χ4n) is 2.67. The van der Waals surface area contributed by atoms with Crippen molar-refractivity contribution < 1.29 is 9.53 Å². The molecule has 1 atom stereocenters. The van der Waals surface area contributed by atoms with Gasteiger partial charge in [0.2, 0.25) is 0 Å². The van der Waals surface area contributed by atoms with Crippen LogP contribution < -0.4 is 15.4 Å². The first-order valence-electron chi connectivity index (χ1n) is 8.71. The van der Waals surface area contributed by atoms with Crippen LogP contribution in [0.1, 0.15) is 34.6 Å². The van der Waals surface area contributed by atoms with Crippen LogP contribution in [0.2, 0.25) is 0 Å². The van der Waals surface area contributed by atoms with Crippen LogP contribution in [0.3, 0.4) is 0 Å². The van der Waals surface area contributed by atoms with Crippen molar-refractivity contribution in [3.63, 3.8) is 0 Å². The molecule has 0 spiro atoms. The van der Waals surface area contributed by atoms with Crippen molar-refractivity contribution in [3.05, 3.63) is 83.8 Å². The Hall–Kier alpha value is -3.41. The number of carbonyl (C=O) groups is 1. The lowest BCUT2D eigenvalue weighted by Gasteiger charge is -2.14. The van der Waals surface area contributed by atoms with Crippen LogP contribution >= 0.6 is 0 Å². The van der Waals surface area contributed by atoms with Crippen LogP contribution in [0, 0.1) is 0 Å². The normalized spacial score (nSPS) is 11.5. The predicted molar refractivity (Wildman–Crippen MR) is 105 cm³/mol. The highest BCUT2D eigenvalue weighted by Crippen LogP contribution is 2.18. The van der Waals surface area contributed by atoms with E-state index in [4.69, 9.17) is 4.74 Å². The summed E-state index contributed by atoms with van der Waals surface area (Å²) in [7, 11) is 1.64. The SMILES string of the molecule is COc1ccccc1CNc1cnc(C(=O)NC(C)c2ccccc2)cn1. The van der Waals surface area contributed by atoms with Crippen molar-refractivity contribution >= 4 is 11.7 Å². The molecule has 0 aliphatic heterocycles. The molecule has 6 heteroatoms. The van der Waals surface area contributed by atoms with E-state index >= 15 is 0 Å². The average Bonchev–Trinajstić information content (AvgIpc) is 2.73. The van der Waals surface area contributed by atoms with Gasteiger partial charge in [-0.3, -0.25) is 4.79 Å². The summed E-state index contributed by atoms with van der Waals surface area (Å²) < 4.78 is 5.33. The molecule has 3 aromatic rings. The molecule has 2 aromatic carbocycles. The van der Waals surface area contributed by atoms with Crippen molar-refractivity contribution in [1.29, 1.82) is 0 Å². The summed E-state index contributed by atoms with van der Waals surface area (Å²) >= 11 is 0. The van der Waals surface area contributed by atoms with Crippen molar-refractivity contribution in [2.75, 3.05) is 12.4 Å². The Labute approximate surface area is 158 Å². The first-order chi connectivity index (χ1) is 13.2. The molecular formula is C21H22N4O2. The Morgan fingerprint density at radius 3 is 2.48 bits per heavy atom. The van der Waals surface area contributed by atoms with Crippen LogP contribution in [0.4, 0.5) is 5.82 Å². The van der Waals surface area contributed by atoms with Gasteiger partial charge in [0, 0.05) is 12.1 Å². The van der Waals surface area contributed by atoms with E-state index in [0.717, 1.165) is 16.9 Å². The predicted octanol–water partition coefficient (Wildman–Crippen LogP) is 3.59. The molecule has 3 rings (SSSR count). The minimum atomic E-state index is -0.255. The first kappa shape index (κ1) is 18.4. The molecule has 0 bridgehead atoms. The summed E-state index contributed by atoms with van der Waals surface area (Å²) in [4.78, 5) is 20.8. The van der Waals surface area contributed by atoms with E-state index in [9.17, 15) is 4.79 Å². The largest absolute Gasteiger partial charge is 0.496 e. The molecule has 6 nitrogen and oxygen atoms in total. The summed E-state index contributed by atoms with van der Waals surface area (Å²) in [5, 5.41) is 6.11. The van der Waals surface area contributed by atoms with Gasteiger partial charge in [-0.2, -0.15) is 0 Å². The summed E-state index contributed by atoms with van der Waals surface area (Å²) in [6, 6.07) is 17.4. The van der Waals surface area contributed by atoms with E-state index in [0.29, 0.717) is 12.4 Å². The zero-order valence-electron chi connectivity index (χ0n) is 15.3. The van der Waals surface area contributed by atoms with E-state index in [1.165, 1.54) is 6.20 Å². The molecule has 1 aromatic heterocycles. The second kappa shape index (κ2) is 8.80. The maximum atomic E-state index is 12.4. The van der Waals surface area contributed by atoms with Crippen molar-refractivity contribution in [2.45, 2.75) is 19.5 Å². The van der Waals surface area contributed by atoms with Gasteiger partial charge >= 0.3 is 0 Å². The van der Waals surface area contributed by atoms with E-state index in [1.54, 1.807) is 13.3 Å². The Bertz CT molecular complexity index is 882. The summed E-state index contributed by atoms with van der Waals surface area (Å²) in [6.07, 6.45) is 3.02. The van der Waals surface area contributed by atoms with Gasteiger partial charge in [0.15, 0.2) is 0 Å². The quantitative estimate of drug-likeness (QED) is 0.672. The monoisotopic (exact) mass is 362 g/mol. The molecule has 0 saturated heterocycles. The minimum absolute atomic E-state index is 0.108. The Kier molecular flexibility index (Phi) is 5.99. The zero-order valence-corrected chi connectivity index (χ0v) is 15.3. The van der Waals surface area contributed by atoms with Gasteiger partial charge in [-0.1, -0.05) is 48.5 Å². The standard InChI is InChI=1S/C21H22N4O2/c1-15(16-8-4-3-5-9-16)25-21(26)18-13-24-20(14-22-18)23-12-17-10-6-7-11-19(17)27-2/h3-11,13-15H,12H2,1-2H3,(H,23,24)(H,25,26). The summed E-state index contributed by atoms with van der Waals surface area (Å²) in [6.45, 7) is 2.49. The van der Waals surface area contributed by atoms with Crippen LogP contribution in [-0.2, 0) is 6.54 Å². The molecule has 27 heavy (non-hydrogen) atoms. The van der Waals surface area contributed by atoms with Crippen LogP contribution in [0.15, 0.2) is 67.0 Å². The second-order valence-electron chi connectivity index (χ2n) is 6.06. The number of hydrogen-bond donors (Lipinski definition) is 2. The molecule has 0 saturated carbocycles. The Morgan fingerprint density at radius 1 is 1.04 bits per heavy atom. The number of amides is 1. The van der Waals surface area contributed by atoms with E-state index < -0.39 is 0 Å². The number of ether oxygens (including phenoxy) is 1. The molecule has 0 aliphatic carbocycles. The number of carbonyl (C=O) groups excluding carboxylic acids is 1. The van der Waals surface area contributed by atoms with E-state index in [-0.39, 0.29) is 17.6 Å². The minimum Gasteiger partial charge on any atom is -0.496 e. The number of aromatic nitrogens is 2. The fraction of sp³-hybridized carbons (Fsp3) is 0.190. The number of hydrogen-bond acceptors (Lipinski definition) is 5. The molecule has 1 unspecified atom stereocenters. The number of benzene rings is 2. The summed E-state index contributed by atoms with van der Waals surface area (Å²) in [5.74, 6) is 1.15. The van der Waals surface area contributed by atoms with E-state index in [2.05, 4.69) is 20.6 Å². The smallest absolute Gasteiger partial charge is 0.271 e. The highest BCUT2D eigenvalue weighted by molar-refractivity contribution is 5.92. The van der Waals surface area contributed by atoms with Gasteiger partial charge in [0.05, 0.1) is 25.5 Å². The fourth-order valence-corrected chi connectivity index (χ4v) is 2.67. The highest BCUT2D eigenvalue weighted by atomic mass is 16.5. The maximum absolute atomic E-state index is 12.4. The van der Waals surface area contributed by atoms with Gasteiger partial charge in [-0.15, -0.1) is 0 Å². The van der Waals surface area contributed by atoms with Crippen LogP contribution in [0.25, 0.3) is 0 Å². The number of nitrogens with zero attached hydrogens (tertiary/aromatic N) is 2. The maximum Gasteiger partial charge on any atom is 0.271 e. The third kappa shape index (κ3) is 4.82. The molecule has 0 aliphatic rings. The third-order valence-electron chi connectivity index (χ3n) is 4.18. The van der Waals surface area contributed by atoms with Gasteiger partial charge in [-0.25, -0.2) is 9.97 Å². The lowest BCUT2D eigenvalue weighted by Crippen LogP contribution is -2.27. The summed E-state index contributed by atoms with van der Waals surface area (Å²) in [5.41, 5.74) is 2.33. The zero-order chi connectivity index (χ0) is 19.1. The lowest BCUT2D eigenvalue weighted by molar-refractivity contribution is 0.0934. The van der Waals surface area contributed by atoms with Crippen LogP contribution in [0.5, 0.6) is 5.75 Å². The molecule has 2 N–H and O–H groups in total. The number of para-hydroxylation sites is 1. The Morgan fingerprint density at radius 2 is 1.78 bits per heavy atom. The molecule has 0 radical (unpaired) electrons. The van der Waals surface area contributed by atoms with Crippen molar-refractivity contribution in [1.82, 2.24) is 15.3 Å². The molecular weight excluding hydrogens is 340 g/mol. The molecule has 0 fully saturated rings. The second-order valence-corrected chi connectivity index (χ2v) is 6.06. The number of anilines is 1.